The van der Waals surface area contributed by atoms with E-state index in [0.717, 1.165) is 6.92 Å². The van der Waals surface area contributed by atoms with Gasteiger partial charge in [0, 0.05) is 5.56 Å². The highest BCUT2D eigenvalue weighted by Gasteiger charge is 2.41. The third kappa shape index (κ3) is 3.32. The molecule has 0 heterocycles. The number of hydrogen-bond acceptors (Lipinski definition) is 3. The first kappa shape index (κ1) is 15.7. The number of amides is 1. The molecule has 0 aliphatic heterocycles. The topological polar surface area (TPSA) is 86.6 Å². The Labute approximate surface area is 128 Å². The van der Waals surface area contributed by atoms with Crippen LogP contribution in [0.15, 0.2) is 60.7 Å². The number of carbonyl (C=O) groups is 2. The molecule has 0 aromatic heterocycles. The van der Waals surface area contributed by atoms with Crippen molar-refractivity contribution in [2.45, 2.75) is 18.6 Å². The van der Waals surface area contributed by atoms with Crippen molar-refractivity contribution in [2.75, 3.05) is 0 Å². The summed E-state index contributed by atoms with van der Waals surface area (Å²) in [5, 5.41) is 22.1. The maximum atomic E-state index is 12.3. The first-order valence-corrected chi connectivity index (χ1v) is 6.79. The van der Waals surface area contributed by atoms with Gasteiger partial charge in [0.15, 0.2) is 5.60 Å². The van der Waals surface area contributed by atoms with E-state index in [1.807, 2.05) is 0 Å². The van der Waals surface area contributed by atoms with Crippen LogP contribution >= 0.6 is 0 Å². The van der Waals surface area contributed by atoms with Gasteiger partial charge in [-0.15, -0.1) is 0 Å². The smallest absolute Gasteiger partial charge is 0.337 e. The first-order valence-electron chi connectivity index (χ1n) is 6.79. The van der Waals surface area contributed by atoms with Crippen LogP contribution in [0.3, 0.4) is 0 Å². The Kier molecular flexibility index (Phi) is 4.58. The van der Waals surface area contributed by atoms with Gasteiger partial charge in [-0.2, -0.15) is 0 Å². The van der Waals surface area contributed by atoms with Crippen LogP contribution in [-0.2, 0) is 4.79 Å². The molecule has 5 heteroatoms. The SMILES string of the molecule is C[C@](O)(C(=O)O)[C@@H](NC(=O)c1ccccc1)c1ccccc1. The van der Waals surface area contributed by atoms with Crippen LogP contribution in [0, 0.1) is 0 Å². The van der Waals surface area contributed by atoms with Crippen molar-refractivity contribution in [3.8, 4) is 0 Å². The Bertz CT molecular complexity index is 653. The molecular weight excluding hydrogens is 282 g/mol. The monoisotopic (exact) mass is 299 g/mol. The second-order valence-electron chi connectivity index (χ2n) is 5.14. The van der Waals surface area contributed by atoms with Gasteiger partial charge >= 0.3 is 5.97 Å². The molecule has 2 aromatic carbocycles. The fourth-order valence-corrected chi connectivity index (χ4v) is 2.12. The molecule has 2 atom stereocenters. The molecule has 0 fully saturated rings. The van der Waals surface area contributed by atoms with E-state index in [1.165, 1.54) is 0 Å². The summed E-state index contributed by atoms with van der Waals surface area (Å²) in [4.78, 5) is 23.6. The lowest BCUT2D eigenvalue weighted by atomic mass is 9.90. The average molecular weight is 299 g/mol. The normalized spacial score (nSPS) is 14.6. The zero-order valence-corrected chi connectivity index (χ0v) is 12.1. The number of carbonyl (C=O) groups excluding carboxylic acids is 1. The minimum absolute atomic E-state index is 0.393. The van der Waals surface area contributed by atoms with E-state index in [0.29, 0.717) is 11.1 Å². The summed E-state index contributed by atoms with van der Waals surface area (Å²) >= 11 is 0. The molecule has 114 valence electrons. The van der Waals surface area contributed by atoms with Crippen molar-refractivity contribution < 1.29 is 19.8 Å². The van der Waals surface area contributed by atoms with Gasteiger partial charge in [0.25, 0.3) is 5.91 Å². The number of carboxylic acids is 1. The summed E-state index contributed by atoms with van der Waals surface area (Å²) in [6.45, 7) is 1.16. The molecule has 1 amide bonds. The van der Waals surface area contributed by atoms with E-state index < -0.39 is 23.5 Å². The fraction of sp³-hybridized carbons (Fsp3) is 0.176. The molecular formula is C17H17NO4. The second kappa shape index (κ2) is 6.41. The molecule has 0 saturated carbocycles. The standard InChI is InChI=1S/C17H17NO4/c1-17(22,16(20)21)14(12-8-4-2-5-9-12)18-15(19)13-10-6-3-7-11-13/h2-11,14,22H,1H3,(H,18,19)(H,20,21)/t14-,17+/m0/s1. The number of aliphatic carboxylic acids is 1. The highest BCUT2D eigenvalue weighted by molar-refractivity contribution is 5.95. The van der Waals surface area contributed by atoms with Crippen LogP contribution in [0.25, 0.3) is 0 Å². The van der Waals surface area contributed by atoms with Gasteiger partial charge in [-0.3, -0.25) is 4.79 Å². The van der Waals surface area contributed by atoms with Gasteiger partial charge < -0.3 is 15.5 Å². The number of aliphatic hydroxyl groups is 1. The summed E-state index contributed by atoms with van der Waals surface area (Å²) < 4.78 is 0. The van der Waals surface area contributed by atoms with Crippen LogP contribution < -0.4 is 5.32 Å². The van der Waals surface area contributed by atoms with Gasteiger partial charge in [0.2, 0.25) is 0 Å². The van der Waals surface area contributed by atoms with Crippen molar-refractivity contribution in [3.63, 3.8) is 0 Å². The Morgan fingerprint density at radius 1 is 1.00 bits per heavy atom. The molecule has 2 aromatic rings. The third-order valence-corrected chi connectivity index (χ3v) is 3.44. The lowest BCUT2D eigenvalue weighted by molar-refractivity contribution is -0.159. The summed E-state index contributed by atoms with van der Waals surface area (Å²) in [7, 11) is 0. The Morgan fingerprint density at radius 2 is 1.50 bits per heavy atom. The Hall–Kier alpha value is -2.66. The second-order valence-corrected chi connectivity index (χ2v) is 5.14. The van der Waals surface area contributed by atoms with Gasteiger partial charge in [0.05, 0.1) is 6.04 Å². The van der Waals surface area contributed by atoms with Crippen molar-refractivity contribution in [1.82, 2.24) is 5.32 Å². The van der Waals surface area contributed by atoms with E-state index in [-0.39, 0.29) is 0 Å². The van der Waals surface area contributed by atoms with Crippen molar-refractivity contribution in [3.05, 3.63) is 71.8 Å². The zero-order chi connectivity index (χ0) is 16.2. The molecule has 0 bridgehead atoms. The highest BCUT2D eigenvalue weighted by atomic mass is 16.4. The number of nitrogens with one attached hydrogen (secondary N) is 1. The number of benzene rings is 2. The lowest BCUT2D eigenvalue weighted by Crippen LogP contribution is -2.49. The fourth-order valence-electron chi connectivity index (χ4n) is 2.12. The third-order valence-electron chi connectivity index (χ3n) is 3.44. The molecule has 0 aliphatic rings. The molecule has 0 spiro atoms. The minimum Gasteiger partial charge on any atom is -0.479 e. The van der Waals surface area contributed by atoms with Crippen LogP contribution in [0.2, 0.25) is 0 Å². The van der Waals surface area contributed by atoms with Crippen LogP contribution in [0.4, 0.5) is 0 Å². The van der Waals surface area contributed by atoms with Crippen molar-refractivity contribution in [1.29, 1.82) is 0 Å². The quantitative estimate of drug-likeness (QED) is 0.788. The zero-order valence-electron chi connectivity index (χ0n) is 12.1. The van der Waals surface area contributed by atoms with E-state index >= 15 is 0 Å². The van der Waals surface area contributed by atoms with E-state index in [2.05, 4.69) is 5.32 Å². The molecule has 2 rings (SSSR count). The van der Waals surface area contributed by atoms with Crippen LogP contribution in [0.1, 0.15) is 28.9 Å². The predicted octanol–water partition coefficient (Wildman–Crippen LogP) is 1.99. The van der Waals surface area contributed by atoms with Crippen LogP contribution in [0.5, 0.6) is 0 Å². The molecule has 0 radical (unpaired) electrons. The molecule has 0 unspecified atom stereocenters. The maximum Gasteiger partial charge on any atom is 0.337 e. The van der Waals surface area contributed by atoms with E-state index in [9.17, 15) is 19.8 Å². The Balaban J connectivity index is 2.34. The molecule has 3 N–H and O–H groups in total. The van der Waals surface area contributed by atoms with Gasteiger partial charge in [-0.05, 0) is 24.6 Å². The summed E-state index contributed by atoms with van der Waals surface area (Å²) in [5.74, 6) is -1.86. The van der Waals surface area contributed by atoms with Crippen LogP contribution in [-0.4, -0.2) is 27.7 Å². The summed E-state index contributed by atoms with van der Waals surface area (Å²) in [5.41, 5.74) is -1.23. The minimum atomic E-state index is -2.13. The number of rotatable bonds is 5. The maximum absolute atomic E-state index is 12.3. The molecule has 0 aliphatic carbocycles. The molecule has 22 heavy (non-hydrogen) atoms. The largest absolute Gasteiger partial charge is 0.479 e. The average Bonchev–Trinajstić information content (AvgIpc) is 2.53. The predicted molar refractivity (Wildman–Crippen MR) is 81.4 cm³/mol. The molecule has 0 saturated heterocycles. The van der Waals surface area contributed by atoms with E-state index in [1.54, 1.807) is 60.7 Å². The van der Waals surface area contributed by atoms with Crippen molar-refractivity contribution in [2.24, 2.45) is 0 Å². The summed E-state index contributed by atoms with van der Waals surface area (Å²) in [6.07, 6.45) is 0. The number of carboxylic acid groups (broad SMARTS) is 1. The van der Waals surface area contributed by atoms with Gasteiger partial charge in [0.1, 0.15) is 0 Å². The number of hydrogen-bond donors (Lipinski definition) is 3. The molecule has 5 nitrogen and oxygen atoms in total. The van der Waals surface area contributed by atoms with E-state index in [4.69, 9.17) is 0 Å². The van der Waals surface area contributed by atoms with Crippen molar-refractivity contribution >= 4 is 11.9 Å². The van der Waals surface area contributed by atoms with Gasteiger partial charge in [-0.1, -0.05) is 48.5 Å². The first-order chi connectivity index (χ1) is 10.4. The Morgan fingerprint density at radius 3 is 2.00 bits per heavy atom. The van der Waals surface area contributed by atoms with Gasteiger partial charge in [-0.25, -0.2) is 4.79 Å². The summed E-state index contributed by atoms with van der Waals surface area (Å²) in [6, 6.07) is 15.9. The highest BCUT2D eigenvalue weighted by Crippen LogP contribution is 2.26. The lowest BCUT2D eigenvalue weighted by Gasteiger charge is -2.30.